The van der Waals surface area contributed by atoms with Crippen molar-refractivity contribution in [3.63, 3.8) is 0 Å². The second kappa shape index (κ2) is 10.9. The molecule has 0 saturated carbocycles. The van der Waals surface area contributed by atoms with Crippen LogP contribution >= 0.6 is 0 Å². The summed E-state index contributed by atoms with van der Waals surface area (Å²) in [5.41, 5.74) is 6.41. The Balaban J connectivity index is 1.71. The molecule has 3 heterocycles. The van der Waals surface area contributed by atoms with Gasteiger partial charge in [0, 0.05) is 32.9 Å². The monoisotopic (exact) mass is 452 g/mol. The van der Waals surface area contributed by atoms with Gasteiger partial charge in [0.2, 0.25) is 5.91 Å². The molecule has 0 bridgehead atoms. The molecule has 0 spiro atoms. The number of nitrogens with two attached hydrogens (primary N) is 1. The molecule has 0 unspecified atom stereocenters. The van der Waals surface area contributed by atoms with Crippen LogP contribution in [0.5, 0.6) is 0 Å². The molecule has 2 aliphatic rings. The Morgan fingerprint density at radius 1 is 1.21 bits per heavy atom. The minimum Gasteiger partial charge on any atom is -0.366 e. The molecule has 2 atom stereocenters. The number of pyridine rings is 1. The number of amidine groups is 1. The van der Waals surface area contributed by atoms with E-state index in [1.54, 1.807) is 11.9 Å². The van der Waals surface area contributed by atoms with Crippen molar-refractivity contribution in [2.24, 2.45) is 16.6 Å². The van der Waals surface area contributed by atoms with Gasteiger partial charge in [0.15, 0.2) is 0 Å². The fourth-order valence-electron chi connectivity index (χ4n) is 4.28. The molecule has 0 aliphatic carbocycles. The van der Waals surface area contributed by atoms with Gasteiger partial charge in [0.05, 0.1) is 23.5 Å². The van der Waals surface area contributed by atoms with Gasteiger partial charge in [-0.15, -0.1) is 0 Å². The van der Waals surface area contributed by atoms with Gasteiger partial charge in [-0.2, -0.15) is 0 Å². The molecule has 33 heavy (non-hydrogen) atoms. The summed E-state index contributed by atoms with van der Waals surface area (Å²) in [5.74, 6) is -0.930. The van der Waals surface area contributed by atoms with Gasteiger partial charge in [0.1, 0.15) is 5.84 Å². The zero-order chi connectivity index (χ0) is 24.0. The predicted molar refractivity (Wildman–Crippen MR) is 128 cm³/mol. The molecule has 176 valence electrons. The van der Waals surface area contributed by atoms with Crippen LogP contribution < -0.4 is 11.1 Å². The maximum atomic E-state index is 13.1. The minimum absolute atomic E-state index is 0.148. The van der Waals surface area contributed by atoms with Gasteiger partial charge in [-0.05, 0) is 49.3 Å². The molecular formula is C24H32N6O3. The normalized spacial score (nSPS) is 21.3. The number of amides is 3. The van der Waals surface area contributed by atoms with Gasteiger partial charge in [-0.3, -0.25) is 24.4 Å². The van der Waals surface area contributed by atoms with Crippen LogP contribution in [0.1, 0.15) is 43.0 Å². The number of carbonyl (C=O) groups is 3. The van der Waals surface area contributed by atoms with Crippen molar-refractivity contribution in [2.45, 2.75) is 38.6 Å². The Labute approximate surface area is 194 Å². The summed E-state index contributed by atoms with van der Waals surface area (Å²) in [5, 5.41) is 2.53. The summed E-state index contributed by atoms with van der Waals surface area (Å²) < 4.78 is 0. The van der Waals surface area contributed by atoms with Crippen LogP contribution in [0.2, 0.25) is 0 Å². The average Bonchev–Trinajstić information content (AvgIpc) is 3.33. The Kier molecular flexibility index (Phi) is 7.97. The number of likely N-dealkylation sites (tertiary alicyclic amines) is 2. The largest absolute Gasteiger partial charge is 0.366 e. The van der Waals surface area contributed by atoms with Crippen LogP contribution in [0.25, 0.3) is 0 Å². The number of aliphatic imine (C=N–C) groups is 1. The number of carbonyl (C=O) groups excluding carboxylic acids is 3. The molecule has 2 fully saturated rings. The Morgan fingerprint density at radius 3 is 2.61 bits per heavy atom. The topological polar surface area (TPSA) is 121 Å². The van der Waals surface area contributed by atoms with Crippen LogP contribution in [0.4, 0.5) is 5.69 Å². The number of hydrogen-bond acceptors (Lipinski definition) is 5. The van der Waals surface area contributed by atoms with Crippen LogP contribution in [0.3, 0.4) is 0 Å². The standard InChI is InChI=1S/C24H32N6O3/c1-16-6-8-20(17(2)7-9-21(26-3)29-10-4-5-11-29)30(15-16)24(33)23(32)28-19-12-18(22(25)31)13-27-14-19/h7,9,12-14,16,20H,2,4-6,8,10-11,15H2,1,3H3,(H2,25,31)(H,28,32)/b9-7-,26-21+/t16-,20+/m1/s1. The van der Waals surface area contributed by atoms with E-state index in [0.29, 0.717) is 6.54 Å². The van der Waals surface area contributed by atoms with E-state index >= 15 is 0 Å². The first-order valence-corrected chi connectivity index (χ1v) is 11.3. The molecule has 1 aromatic heterocycles. The Morgan fingerprint density at radius 2 is 1.94 bits per heavy atom. The maximum absolute atomic E-state index is 13.1. The number of rotatable bonds is 5. The van der Waals surface area contributed by atoms with E-state index in [1.165, 1.54) is 18.5 Å². The average molecular weight is 453 g/mol. The molecule has 2 aliphatic heterocycles. The van der Waals surface area contributed by atoms with E-state index in [0.717, 1.165) is 50.2 Å². The Hall–Kier alpha value is -3.49. The zero-order valence-corrected chi connectivity index (χ0v) is 19.3. The van der Waals surface area contributed by atoms with E-state index in [1.807, 2.05) is 12.2 Å². The third-order valence-corrected chi connectivity index (χ3v) is 6.09. The molecule has 1 aromatic rings. The molecule has 2 saturated heterocycles. The molecule has 3 N–H and O–H groups in total. The fraction of sp³-hybridized carbons (Fsp3) is 0.458. The molecule has 9 heteroatoms. The first-order valence-electron chi connectivity index (χ1n) is 11.3. The van der Waals surface area contributed by atoms with Crippen molar-refractivity contribution in [1.29, 1.82) is 0 Å². The van der Waals surface area contributed by atoms with Gasteiger partial charge >= 0.3 is 11.8 Å². The SMILES string of the molecule is C=C(/C=C\C(=N/C)N1CCCC1)[C@@H]1CC[C@@H](C)CN1C(=O)C(=O)Nc1cncc(C(N)=O)c1. The summed E-state index contributed by atoms with van der Waals surface area (Å²) in [7, 11) is 1.77. The third kappa shape index (κ3) is 6.06. The number of nitrogens with one attached hydrogen (secondary N) is 1. The molecular weight excluding hydrogens is 420 g/mol. The highest BCUT2D eigenvalue weighted by Crippen LogP contribution is 2.27. The lowest BCUT2D eigenvalue weighted by Crippen LogP contribution is -2.50. The van der Waals surface area contributed by atoms with Crippen LogP contribution in [0.15, 0.2) is 47.8 Å². The van der Waals surface area contributed by atoms with Crippen molar-refractivity contribution in [3.05, 3.63) is 48.3 Å². The number of piperidine rings is 1. The number of hydrogen-bond donors (Lipinski definition) is 2. The van der Waals surface area contributed by atoms with Crippen molar-refractivity contribution in [3.8, 4) is 0 Å². The highest BCUT2D eigenvalue weighted by atomic mass is 16.2. The first-order chi connectivity index (χ1) is 15.8. The first kappa shape index (κ1) is 24.2. The van der Waals surface area contributed by atoms with Crippen molar-refractivity contribution in [1.82, 2.24) is 14.8 Å². The summed E-state index contributed by atoms with van der Waals surface area (Å²) in [6, 6.07) is 1.12. The number of aromatic nitrogens is 1. The van der Waals surface area contributed by atoms with E-state index in [4.69, 9.17) is 5.73 Å². The highest BCUT2D eigenvalue weighted by Gasteiger charge is 2.34. The smallest absolute Gasteiger partial charge is 0.313 e. The summed E-state index contributed by atoms with van der Waals surface area (Å²) in [4.78, 5) is 49.3. The fourth-order valence-corrected chi connectivity index (χ4v) is 4.28. The Bertz CT molecular complexity index is 980. The molecule has 0 aromatic carbocycles. The highest BCUT2D eigenvalue weighted by molar-refractivity contribution is 6.39. The summed E-state index contributed by atoms with van der Waals surface area (Å²) >= 11 is 0. The van der Waals surface area contributed by atoms with Gasteiger partial charge in [0.25, 0.3) is 0 Å². The zero-order valence-electron chi connectivity index (χ0n) is 19.3. The minimum atomic E-state index is -0.790. The van der Waals surface area contributed by atoms with Gasteiger partial charge in [-0.25, -0.2) is 0 Å². The molecule has 3 amide bonds. The van der Waals surface area contributed by atoms with Crippen molar-refractivity contribution in [2.75, 3.05) is 32.0 Å². The second-order valence-electron chi connectivity index (χ2n) is 8.62. The van der Waals surface area contributed by atoms with Gasteiger partial charge < -0.3 is 20.9 Å². The quantitative estimate of drug-likeness (QED) is 0.306. The van der Waals surface area contributed by atoms with Crippen LogP contribution in [-0.4, -0.2) is 71.1 Å². The van der Waals surface area contributed by atoms with Gasteiger partial charge in [-0.1, -0.05) is 19.6 Å². The number of primary amides is 1. The molecule has 0 radical (unpaired) electrons. The molecule has 3 rings (SSSR count). The van der Waals surface area contributed by atoms with Crippen LogP contribution in [0, 0.1) is 5.92 Å². The number of anilines is 1. The summed E-state index contributed by atoms with van der Waals surface area (Å²) in [6.45, 7) is 8.69. The molecule has 9 nitrogen and oxygen atoms in total. The van der Waals surface area contributed by atoms with Crippen LogP contribution in [-0.2, 0) is 9.59 Å². The lowest BCUT2D eigenvalue weighted by Gasteiger charge is -2.38. The van der Waals surface area contributed by atoms with E-state index in [9.17, 15) is 14.4 Å². The predicted octanol–water partition coefficient (Wildman–Crippen LogP) is 1.98. The van der Waals surface area contributed by atoms with E-state index < -0.39 is 17.7 Å². The maximum Gasteiger partial charge on any atom is 0.313 e. The van der Waals surface area contributed by atoms with E-state index in [-0.39, 0.29) is 23.2 Å². The second-order valence-corrected chi connectivity index (χ2v) is 8.62. The van der Waals surface area contributed by atoms with Crippen molar-refractivity contribution < 1.29 is 14.4 Å². The lowest BCUT2D eigenvalue weighted by atomic mass is 9.90. The van der Waals surface area contributed by atoms with Crippen molar-refractivity contribution >= 4 is 29.2 Å². The number of nitrogens with zero attached hydrogens (tertiary/aromatic N) is 4. The third-order valence-electron chi connectivity index (χ3n) is 6.09. The lowest BCUT2D eigenvalue weighted by molar-refractivity contribution is -0.145. The van der Waals surface area contributed by atoms with E-state index in [2.05, 4.69) is 33.7 Å². The summed E-state index contributed by atoms with van der Waals surface area (Å²) in [6.07, 6.45) is 10.5.